The Balaban J connectivity index is 2.22. The van der Waals surface area contributed by atoms with Crippen LogP contribution in [0.15, 0.2) is 41.8 Å². The molecular formula is C20H20F5NS. The van der Waals surface area contributed by atoms with Gasteiger partial charge in [0.15, 0.2) is 0 Å². The van der Waals surface area contributed by atoms with E-state index in [-0.39, 0.29) is 12.2 Å². The molecule has 2 aromatic carbocycles. The summed E-state index contributed by atoms with van der Waals surface area (Å²) in [7, 11) is 0. The monoisotopic (exact) mass is 401 g/mol. The number of nitrogens with one attached hydrogen (secondary N) is 1. The smallest absolute Gasteiger partial charge is 0.379 e. The van der Waals surface area contributed by atoms with Crippen molar-refractivity contribution in [1.82, 2.24) is 0 Å². The number of hydrogen-bond acceptors (Lipinski definition) is 2. The molecule has 27 heavy (non-hydrogen) atoms. The predicted octanol–water partition coefficient (Wildman–Crippen LogP) is 6.96. The van der Waals surface area contributed by atoms with Crippen LogP contribution in [0.25, 0.3) is 5.57 Å². The first-order valence-corrected chi connectivity index (χ1v) is 9.29. The van der Waals surface area contributed by atoms with E-state index in [2.05, 4.69) is 11.9 Å². The molecule has 0 heterocycles. The number of allylic oxidation sites excluding steroid dienone is 1. The van der Waals surface area contributed by atoms with Crippen LogP contribution in [0.4, 0.5) is 27.6 Å². The summed E-state index contributed by atoms with van der Waals surface area (Å²) in [5.41, 5.74) is 2.66. The lowest BCUT2D eigenvalue weighted by Crippen LogP contribution is -2.11. The summed E-state index contributed by atoms with van der Waals surface area (Å²) >= 11 is 0.617. The van der Waals surface area contributed by atoms with E-state index in [1.54, 1.807) is 13.0 Å². The Morgan fingerprint density at radius 2 is 1.85 bits per heavy atom. The minimum atomic E-state index is -4.30. The molecule has 146 valence electrons. The molecular weight excluding hydrogens is 381 g/mol. The lowest BCUT2D eigenvalue weighted by atomic mass is 9.99. The van der Waals surface area contributed by atoms with Crippen LogP contribution < -0.4 is 5.32 Å². The molecule has 0 aliphatic carbocycles. The Kier molecular flexibility index (Phi) is 6.92. The molecule has 0 aromatic heterocycles. The van der Waals surface area contributed by atoms with Gasteiger partial charge in [-0.2, -0.15) is 13.2 Å². The van der Waals surface area contributed by atoms with Gasteiger partial charge >= 0.3 is 6.18 Å². The van der Waals surface area contributed by atoms with E-state index in [4.69, 9.17) is 0 Å². The van der Waals surface area contributed by atoms with Crippen molar-refractivity contribution in [2.75, 3.05) is 11.1 Å². The highest BCUT2D eigenvalue weighted by atomic mass is 32.2. The van der Waals surface area contributed by atoms with Crippen LogP contribution in [0.3, 0.4) is 0 Å². The third kappa shape index (κ3) is 5.99. The molecule has 0 aliphatic heterocycles. The quantitative estimate of drug-likeness (QED) is 0.397. The molecule has 0 fully saturated rings. The van der Waals surface area contributed by atoms with Gasteiger partial charge < -0.3 is 5.32 Å². The van der Waals surface area contributed by atoms with Crippen LogP contribution in [0.1, 0.15) is 30.0 Å². The van der Waals surface area contributed by atoms with Crippen molar-refractivity contribution in [2.24, 2.45) is 0 Å². The highest BCUT2D eigenvalue weighted by Gasteiger charge is 2.27. The first kappa shape index (κ1) is 21.3. The van der Waals surface area contributed by atoms with E-state index in [9.17, 15) is 22.0 Å². The molecule has 0 bridgehead atoms. The number of benzene rings is 2. The van der Waals surface area contributed by atoms with E-state index in [0.29, 0.717) is 34.2 Å². The summed E-state index contributed by atoms with van der Waals surface area (Å²) in [5, 5.41) is 2.90. The van der Waals surface area contributed by atoms with E-state index < -0.39 is 23.6 Å². The number of halogens is 5. The van der Waals surface area contributed by atoms with Crippen LogP contribution in [-0.2, 0) is 6.54 Å². The molecule has 0 amide bonds. The van der Waals surface area contributed by atoms with Gasteiger partial charge in [-0.05, 0) is 59.9 Å². The van der Waals surface area contributed by atoms with Crippen molar-refractivity contribution >= 4 is 23.0 Å². The number of rotatable bonds is 7. The van der Waals surface area contributed by atoms with Crippen molar-refractivity contribution in [3.8, 4) is 0 Å². The first-order valence-electron chi connectivity index (χ1n) is 8.31. The topological polar surface area (TPSA) is 12.0 Å². The van der Waals surface area contributed by atoms with Gasteiger partial charge in [-0.15, -0.1) is 11.8 Å². The zero-order valence-corrected chi connectivity index (χ0v) is 15.8. The number of aryl methyl sites for hydroxylation is 1. The SMILES string of the molecule is C=C(CC)c1cc(F)ccc1CNc1cc(SCC(F)(F)F)c(C)cc1F. The Labute approximate surface area is 159 Å². The maximum Gasteiger partial charge on any atom is 0.398 e. The van der Waals surface area contributed by atoms with Gasteiger partial charge in [0.25, 0.3) is 0 Å². The molecule has 1 N–H and O–H groups in total. The summed E-state index contributed by atoms with van der Waals surface area (Å²) in [6, 6.07) is 6.85. The molecule has 7 heteroatoms. The average Bonchev–Trinajstić information content (AvgIpc) is 2.59. The van der Waals surface area contributed by atoms with Crippen molar-refractivity contribution < 1.29 is 22.0 Å². The third-order valence-corrected chi connectivity index (χ3v) is 5.23. The van der Waals surface area contributed by atoms with Crippen molar-refractivity contribution in [3.05, 3.63) is 65.2 Å². The Hall–Kier alpha value is -2.02. The summed E-state index contributed by atoms with van der Waals surface area (Å²) in [6.45, 7) is 7.57. The second-order valence-electron chi connectivity index (χ2n) is 6.11. The lowest BCUT2D eigenvalue weighted by Gasteiger charge is -2.15. The van der Waals surface area contributed by atoms with Gasteiger partial charge in [-0.25, -0.2) is 8.78 Å². The van der Waals surface area contributed by atoms with E-state index >= 15 is 0 Å². The maximum absolute atomic E-state index is 14.2. The number of hydrogen-bond donors (Lipinski definition) is 1. The molecule has 0 saturated heterocycles. The number of thioether (sulfide) groups is 1. The summed E-state index contributed by atoms with van der Waals surface area (Å²) < 4.78 is 65.1. The predicted molar refractivity (Wildman–Crippen MR) is 101 cm³/mol. The molecule has 0 saturated carbocycles. The molecule has 0 aliphatic rings. The van der Waals surface area contributed by atoms with Crippen LogP contribution in [-0.4, -0.2) is 11.9 Å². The summed E-state index contributed by atoms with van der Waals surface area (Å²) in [5.74, 6) is -1.99. The van der Waals surface area contributed by atoms with E-state index in [1.807, 2.05) is 6.92 Å². The van der Waals surface area contributed by atoms with Crippen molar-refractivity contribution in [1.29, 1.82) is 0 Å². The second kappa shape index (κ2) is 8.78. The fraction of sp³-hybridized carbons (Fsp3) is 0.300. The van der Waals surface area contributed by atoms with Crippen molar-refractivity contribution in [3.63, 3.8) is 0 Å². The van der Waals surface area contributed by atoms with Gasteiger partial charge in [0, 0.05) is 11.4 Å². The zero-order chi connectivity index (χ0) is 20.2. The fourth-order valence-electron chi connectivity index (χ4n) is 2.52. The van der Waals surface area contributed by atoms with Gasteiger partial charge in [-0.3, -0.25) is 0 Å². The average molecular weight is 401 g/mol. The van der Waals surface area contributed by atoms with Crippen LogP contribution in [0.2, 0.25) is 0 Å². The van der Waals surface area contributed by atoms with E-state index in [0.717, 1.165) is 11.1 Å². The molecule has 0 spiro atoms. The normalized spacial score (nSPS) is 11.5. The first-order chi connectivity index (χ1) is 12.6. The van der Waals surface area contributed by atoms with Gasteiger partial charge in [0.2, 0.25) is 0 Å². The summed E-state index contributed by atoms with van der Waals surface area (Å²) in [4.78, 5) is 0.355. The lowest BCUT2D eigenvalue weighted by molar-refractivity contribution is -0.105. The highest BCUT2D eigenvalue weighted by molar-refractivity contribution is 7.99. The van der Waals surface area contributed by atoms with E-state index in [1.165, 1.54) is 24.3 Å². The third-order valence-electron chi connectivity index (χ3n) is 4.00. The molecule has 0 radical (unpaired) electrons. The molecule has 0 atom stereocenters. The van der Waals surface area contributed by atoms with Crippen LogP contribution in [0.5, 0.6) is 0 Å². The molecule has 2 aromatic rings. The molecule has 0 unspecified atom stereocenters. The largest absolute Gasteiger partial charge is 0.398 e. The molecule has 1 nitrogen and oxygen atoms in total. The standard InChI is InChI=1S/C20H20F5NS/c1-4-12(2)16-8-15(21)6-5-14(16)10-26-18-9-19(13(3)7-17(18)22)27-11-20(23,24)25/h5-9,26H,2,4,10-11H2,1,3H3. The Morgan fingerprint density at radius 1 is 1.15 bits per heavy atom. The molecule has 2 rings (SSSR count). The summed E-state index contributed by atoms with van der Waals surface area (Å²) in [6.07, 6.45) is -3.67. The van der Waals surface area contributed by atoms with Gasteiger partial charge in [0.1, 0.15) is 11.6 Å². The number of anilines is 1. The Morgan fingerprint density at radius 3 is 2.48 bits per heavy atom. The fourth-order valence-corrected chi connectivity index (χ4v) is 3.32. The van der Waals surface area contributed by atoms with Crippen LogP contribution in [0, 0.1) is 18.6 Å². The van der Waals surface area contributed by atoms with Crippen molar-refractivity contribution in [2.45, 2.75) is 37.9 Å². The highest BCUT2D eigenvalue weighted by Crippen LogP contribution is 2.33. The Bertz CT molecular complexity index is 830. The van der Waals surface area contributed by atoms with Crippen LogP contribution >= 0.6 is 11.8 Å². The minimum Gasteiger partial charge on any atom is -0.379 e. The number of alkyl halides is 3. The van der Waals surface area contributed by atoms with Gasteiger partial charge in [-0.1, -0.05) is 19.6 Å². The second-order valence-corrected chi connectivity index (χ2v) is 7.13. The zero-order valence-electron chi connectivity index (χ0n) is 15.0. The minimum absolute atomic E-state index is 0.0997. The maximum atomic E-state index is 14.2. The van der Waals surface area contributed by atoms with Gasteiger partial charge in [0.05, 0.1) is 11.4 Å².